The second-order valence-corrected chi connectivity index (χ2v) is 9.55. The summed E-state index contributed by atoms with van der Waals surface area (Å²) in [4.78, 5) is 9.04. The van der Waals surface area contributed by atoms with Crippen molar-refractivity contribution in [1.29, 1.82) is 0 Å². The van der Waals surface area contributed by atoms with Crippen LogP contribution in [0.1, 0.15) is 28.3 Å². The molecule has 0 radical (unpaired) electrons. The van der Waals surface area contributed by atoms with Crippen LogP contribution in [0.25, 0.3) is 5.82 Å². The summed E-state index contributed by atoms with van der Waals surface area (Å²) in [5.74, 6) is 2.06. The molecule has 0 aliphatic carbocycles. The molecule has 0 saturated heterocycles. The predicted molar refractivity (Wildman–Crippen MR) is 127 cm³/mol. The minimum absolute atomic E-state index is 0.205. The van der Waals surface area contributed by atoms with Crippen molar-refractivity contribution in [2.24, 2.45) is 0 Å². The normalized spacial score (nSPS) is 11.4. The summed E-state index contributed by atoms with van der Waals surface area (Å²) in [6, 6.07) is 15.0. The highest BCUT2D eigenvalue weighted by molar-refractivity contribution is 7.92. The summed E-state index contributed by atoms with van der Waals surface area (Å²) in [6.07, 6.45) is 0. The highest BCUT2D eigenvalue weighted by atomic mass is 32.2. The number of aryl methyl sites for hydroxylation is 3. The van der Waals surface area contributed by atoms with Crippen molar-refractivity contribution in [1.82, 2.24) is 19.7 Å². The lowest BCUT2D eigenvalue weighted by Crippen LogP contribution is -2.12. The number of hydrogen-bond donors (Lipinski definition) is 1. The number of nitrogens with zero attached hydrogens (tertiary/aromatic N) is 4. The molecule has 0 saturated carbocycles. The summed E-state index contributed by atoms with van der Waals surface area (Å²) in [5, 5.41) is 4.55. The number of benzene rings is 2. The van der Waals surface area contributed by atoms with Crippen LogP contribution in [0.2, 0.25) is 0 Å². The van der Waals surface area contributed by atoms with Crippen LogP contribution in [-0.4, -0.2) is 28.2 Å². The Morgan fingerprint density at radius 2 is 1.55 bits per heavy atom. The van der Waals surface area contributed by atoms with Crippen molar-refractivity contribution in [3.63, 3.8) is 0 Å². The van der Waals surface area contributed by atoms with E-state index in [4.69, 9.17) is 4.74 Å². The lowest BCUT2D eigenvalue weighted by Gasteiger charge is -2.11. The molecule has 0 atom stereocenters. The standard InChI is InChI=1S/C24H25N5O3S/c1-15-6-12-22(13-7-15)33(30,31)28-20-8-10-21(11-9-20)32-24-14-23(25-19(5)26-24)29-18(4)16(2)17(3)27-29/h6-14,28H,1-5H3. The maximum absolute atomic E-state index is 12.6. The molecule has 2 heterocycles. The second kappa shape index (κ2) is 8.67. The van der Waals surface area contributed by atoms with E-state index in [1.807, 2.05) is 27.7 Å². The number of aromatic nitrogens is 4. The zero-order chi connectivity index (χ0) is 23.8. The van der Waals surface area contributed by atoms with Crippen molar-refractivity contribution in [2.45, 2.75) is 39.5 Å². The van der Waals surface area contributed by atoms with Gasteiger partial charge in [0.2, 0.25) is 5.88 Å². The van der Waals surface area contributed by atoms with Gasteiger partial charge in [-0.15, -0.1) is 0 Å². The van der Waals surface area contributed by atoms with E-state index in [9.17, 15) is 8.42 Å². The molecule has 8 nitrogen and oxygen atoms in total. The van der Waals surface area contributed by atoms with Crippen LogP contribution in [0, 0.1) is 34.6 Å². The number of rotatable bonds is 6. The predicted octanol–water partition coefficient (Wildman–Crippen LogP) is 4.80. The summed E-state index contributed by atoms with van der Waals surface area (Å²) in [7, 11) is -3.67. The highest BCUT2D eigenvalue weighted by Crippen LogP contribution is 2.25. The van der Waals surface area contributed by atoms with Crippen LogP contribution in [0.5, 0.6) is 11.6 Å². The number of sulfonamides is 1. The Labute approximate surface area is 193 Å². The fraction of sp³-hybridized carbons (Fsp3) is 0.208. The molecule has 0 aliphatic heterocycles. The van der Waals surface area contributed by atoms with Crippen LogP contribution in [0.4, 0.5) is 5.69 Å². The average Bonchev–Trinajstić information content (AvgIpc) is 3.02. The lowest BCUT2D eigenvalue weighted by atomic mass is 10.2. The number of anilines is 1. The first-order chi connectivity index (χ1) is 15.6. The van der Waals surface area contributed by atoms with Gasteiger partial charge >= 0.3 is 0 Å². The van der Waals surface area contributed by atoms with Crippen molar-refractivity contribution in [2.75, 3.05) is 4.72 Å². The van der Waals surface area contributed by atoms with Crippen molar-refractivity contribution in [3.8, 4) is 17.4 Å². The van der Waals surface area contributed by atoms with E-state index in [0.717, 1.165) is 22.5 Å². The Morgan fingerprint density at radius 1 is 0.879 bits per heavy atom. The fourth-order valence-electron chi connectivity index (χ4n) is 3.27. The third-order valence-electron chi connectivity index (χ3n) is 5.33. The molecular weight excluding hydrogens is 438 g/mol. The van der Waals surface area contributed by atoms with E-state index in [1.54, 1.807) is 66.2 Å². The third kappa shape index (κ3) is 4.88. The molecular formula is C24H25N5O3S. The van der Waals surface area contributed by atoms with Gasteiger partial charge in [-0.3, -0.25) is 4.72 Å². The largest absolute Gasteiger partial charge is 0.439 e. The Morgan fingerprint density at radius 3 is 2.15 bits per heavy atom. The summed E-state index contributed by atoms with van der Waals surface area (Å²) in [6.45, 7) is 9.66. The van der Waals surface area contributed by atoms with E-state index in [2.05, 4.69) is 19.8 Å². The van der Waals surface area contributed by atoms with Crippen LogP contribution >= 0.6 is 0 Å². The van der Waals surface area contributed by atoms with E-state index < -0.39 is 10.0 Å². The molecule has 2 aromatic carbocycles. The first kappa shape index (κ1) is 22.5. The summed E-state index contributed by atoms with van der Waals surface area (Å²) in [5.41, 5.74) is 4.47. The summed E-state index contributed by atoms with van der Waals surface area (Å²) < 4.78 is 35.4. The topological polar surface area (TPSA) is 99.0 Å². The van der Waals surface area contributed by atoms with Crippen LogP contribution < -0.4 is 9.46 Å². The maximum Gasteiger partial charge on any atom is 0.261 e. The lowest BCUT2D eigenvalue weighted by molar-refractivity contribution is 0.459. The minimum atomic E-state index is -3.67. The molecule has 0 aliphatic rings. The smallest absolute Gasteiger partial charge is 0.261 e. The first-order valence-electron chi connectivity index (χ1n) is 10.4. The molecule has 4 rings (SSSR count). The second-order valence-electron chi connectivity index (χ2n) is 7.86. The Bertz CT molecular complexity index is 1410. The molecule has 0 bridgehead atoms. The number of nitrogens with one attached hydrogen (secondary N) is 1. The first-order valence-corrected chi connectivity index (χ1v) is 11.9. The molecule has 9 heteroatoms. The Kier molecular flexibility index (Phi) is 5.90. The van der Waals surface area contributed by atoms with Gasteiger partial charge in [0, 0.05) is 17.4 Å². The van der Waals surface area contributed by atoms with Gasteiger partial charge in [-0.2, -0.15) is 10.1 Å². The van der Waals surface area contributed by atoms with Crippen molar-refractivity contribution < 1.29 is 13.2 Å². The van der Waals surface area contributed by atoms with Crippen molar-refractivity contribution >= 4 is 15.7 Å². The highest BCUT2D eigenvalue weighted by Gasteiger charge is 2.15. The summed E-state index contributed by atoms with van der Waals surface area (Å²) >= 11 is 0. The SMILES string of the molecule is Cc1ccc(S(=O)(=O)Nc2ccc(Oc3cc(-n4nc(C)c(C)c4C)nc(C)n3)cc2)cc1. The van der Waals surface area contributed by atoms with Gasteiger partial charge in [0.1, 0.15) is 11.6 Å². The molecule has 0 unspecified atom stereocenters. The van der Waals surface area contributed by atoms with Gasteiger partial charge in [0.05, 0.1) is 10.6 Å². The van der Waals surface area contributed by atoms with Gasteiger partial charge in [0.25, 0.3) is 10.0 Å². The van der Waals surface area contributed by atoms with Gasteiger partial charge in [-0.1, -0.05) is 17.7 Å². The van der Waals surface area contributed by atoms with Gasteiger partial charge < -0.3 is 4.74 Å². The molecule has 2 aromatic heterocycles. The Balaban J connectivity index is 1.53. The van der Waals surface area contributed by atoms with Gasteiger partial charge in [-0.25, -0.2) is 18.1 Å². The van der Waals surface area contributed by atoms with Gasteiger partial charge in [0.15, 0.2) is 5.82 Å². The molecule has 4 aromatic rings. The Hall–Kier alpha value is -3.72. The molecule has 0 amide bonds. The number of ether oxygens (including phenoxy) is 1. The zero-order valence-corrected chi connectivity index (χ0v) is 19.9. The van der Waals surface area contributed by atoms with Gasteiger partial charge in [-0.05, 0) is 76.6 Å². The molecule has 0 fully saturated rings. The number of hydrogen-bond acceptors (Lipinski definition) is 6. The minimum Gasteiger partial charge on any atom is -0.439 e. The molecule has 0 spiro atoms. The molecule has 1 N–H and O–H groups in total. The molecule has 170 valence electrons. The van der Waals surface area contributed by atoms with Crippen molar-refractivity contribution in [3.05, 3.63) is 82.9 Å². The van der Waals surface area contributed by atoms with E-state index in [-0.39, 0.29) is 4.90 Å². The average molecular weight is 464 g/mol. The third-order valence-corrected chi connectivity index (χ3v) is 6.73. The monoisotopic (exact) mass is 463 g/mol. The van der Waals surface area contributed by atoms with Crippen LogP contribution in [0.15, 0.2) is 59.5 Å². The quantitative estimate of drug-likeness (QED) is 0.441. The zero-order valence-electron chi connectivity index (χ0n) is 19.1. The van der Waals surface area contributed by atoms with Crippen LogP contribution in [-0.2, 0) is 10.0 Å². The van der Waals surface area contributed by atoms with E-state index in [1.165, 1.54) is 0 Å². The van der Waals surface area contributed by atoms with E-state index in [0.29, 0.717) is 29.0 Å². The van der Waals surface area contributed by atoms with E-state index >= 15 is 0 Å². The maximum atomic E-state index is 12.6. The molecule has 33 heavy (non-hydrogen) atoms. The fourth-order valence-corrected chi connectivity index (χ4v) is 4.33. The van der Waals surface area contributed by atoms with Crippen LogP contribution in [0.3, 0.4) is 0 Å².